The largest absolute Gasteiger partial charge is 0.494 e. The number of benzene rings is 1. The summed E-state index contributed by atoms with van der Waals surface area (Å²) >= 11 is 0. The number of halogens is 3. The first-order chi connectivity index (χ1) is 13.0. The number of nitrogens with zero attached hydrogens (tertiary/aromatic N) is 4. The molecule has 0 N–H and O–H groups in total. The van der Waals surface area contributed by atoms with E-state index in [0.717, 1.165) is 23.1 Å². The van der Waals surface area contributed by atoms with Crippen molar-refractivity contribution in [3.63, 3.8) is 0 Å². The molecule has 28 heavy (non-hydrogen) atoms. The molecular weight excluding hydrogens is 372 g/mol. The van der Waals surface area contributed by atoms with Gasteiger partial charge in [-0.25, -0.2) is 9.97 Å². The number of aromatic nitrogens is 4. The minimum absolute atomic E-state index is 0.157. The summed E-state index contributed by atoms with van der Waals surface area (Å²) in [5.74, 6) is -0.157. The first kappa shape index (κ1) is 18.9. The standard InChI is InChI=1S/C18H18BF3N4O2/c1-16(2)17(3,4)28-19(27-16)12-6-5-11-10-24-26(13(11)9-12)15-23-8-7-14(25-15)18(20,21)22/h5-10H,1-4H3. The molecule has 0 spiro atoms. The summed E-state index contributed by atoms with van der Waals surface area (Å²) in [6.45, 7) is 7.80. The summed E-state index contributed by atoms with van der Waals surface area (Å²) in [6.07, 6.45) is -1.95. The van der Waals surface area contributed by atoms with Crippen molar-refractivity contribution < 1.29 is 22.5 Å². The quantitative estimate of drug-likeness (QED) is 0.630. The fraction of sp³-hybridized carbons (Fsp3) is 0.389. The zero-order valence-electron chi connectivity index (χ0n) is 15.8. The molecule has 1 aromatic carbocycles. The summed E-state index contributed by atoms with van der Waals surface area (Å²) < 4.78 is 52.3. The lowest BCUT2D eigenvalue weighted by molar-refractivity contribution is -0.141. The van der Waals surface area contributed by atoms with E-state index >= 15 is 0 Å². The van der Waals surface area contributed by atoms with Gasteiger partial charge >= 0.3 is 13.3 Å². The predicted octanol–water partition coefficient (Wildman–Crippen LogP) is 3.13. The lowest BCUT2D eigenvalue weighted by Gasteiger charge is -2.32. The van der Waals surface area contributed by atoms with Crippen LogP contribution in [0.1, 0.15) is 33.4 Å². The molecule has 146 valence electrons. The Morgan fingerprint density at radius 3 is 2.36 bits per heavy atom. The van der Waals surface area contributed by atoms with Crippen molar-refractivity contribution >= 4 is 23.5 Å². The molecule has 0 atom stereocenters. The molecule has 4 rings (SSSR count). The van der Waals surface area contributed by atoms with Crippen LogP contribution < -0.4 is 5.46 Å². The lowest BCUT2D eigenvalue weighted by Crippen LogP contribution is -2.41. The van der Waals surface area contributed by atoms with Gasteiger partial charge in [-0.2, -0.15) is 23.0 Å². The van der Waals surface area contributed by atoms with Crippen LogP contribution in [0, 0.1) is 0 Å². The van der Waals surface area contributed by atoms with Crippen LogP contribution in [0.15, 0.2) is 36.7 Å². The third-order valence-electron chi connectivity index (χ3n) is 5.24. The number of rotatable bonds is 2. The van der Waals surface area contributed by atoms with Crippen molar-refractivity contribution in [2.75, 3.05) is 0 Å². The first-order valence-corrected chi connectivity index (χ1v) is 8.72. The highest BCUT2D eigenvalue weighted by Crippen LogP contribution is 2.36. The summed E-state index contributed by atoms with van der Waals surface area (Å²) in [4.78, 5) is 7.56. The van der Waals surface area contributed by atoms with E-state index in [1.54, 1.807) is 12.3 Å². The molecule has 1 fully saturated rings. The van der Waals surface area contributed by atoms with Gasteiger partial charge in [-0.05, 0) is 45.3 Å². The Bertz CT molecular complexity index is 1030. The van der Waals surface area contributed by atoms with Gasteiger partial charge in [-0.3, -0.25) is 0 Å². The molecule has 0 aliphatic carbocycles. The highest BCUT2D eigenvalue weighted by molar-refractivity contribution is 6.62. The van der Waals surface area contributed by atoms with Crippen LogP contribution in [0.5, 0.6) is 0 Å². The van der Waals surface area contributed by atoms with Crippen LogP contribution in [0.3, 0.4) is 0 Å². The molecule has 2 aromatic heterocycles. The van der Waals surface area contributed by atoms with Crippen molar-refractivity contribution in [1.82, 2.24) is 19.7 Å². The maximum Gasteiger partial charge on any atom is 0.494 e. The first-order valence-electron chi connectivity index (χ1n) is 8.72. The van der Waals surface area contributed by atoms with Crippen LogP contribution in [0.4, 0.5) is 13.2 Å². The van der Waals surface area contributed by atoms with E-state index in [9.17, 15) is 13.2 Å². The third kappa shape index (κ3) is 3.06. The van der Waals surface area contributed by atoms with E-state index in [0.29, 0.717) is 5.52 Å². The second-order valence-electron chi connectivity index (χ2n) is 7.70. The average Bonchev–Trinajstić information content (AvgIpc) is 3.11. The minimum atomic E-state index is -4.56. The summed E-state index contributed by atoms with van der Waals surface area (Å²) in [5.41, 5.74) is -0.733. The van der Waals surface area contributed by atoms with E-state index in [4.69, 9.17) is 9.31 Å². The van der Waals surface area contributed by atoms with E-state index in [1.165, 1.54) is 4.68 Å². The van der Waals surface area contributed by atoms with Crippen molar-refractivity contribution in [3.8, 4) is 5.95 Å². The van der Waals surface area contributed by atoms with Gasteiger partial charge in [0, 0.05) is 11.6 Å². The molecule has 1 saturated heterocycles. The van der Waals surface area contributed by atoms with Gasteiger partial charge in [-0.1, -0.05) is 12.1 Å². The van der Waals surface area contributed by atoms with Crippen LogP contribution in [0.2, 0.25) is 0 Å². The second-order valence-corrected chi connectivity index (χ2v) is 7.70. The second kappa shape index (κ2) is 6.02. The van der Waals surface area contributed by atoms with Crippen LogP contribution >= 0.6 is 0 Å². The van der Waals surface area contributed by atoms with Crippen molar-refractivity contribution in [1.29, 1.82) is 0 Å². The van der Waals surface area contributed by atoms with Crippen LogP contribution in [-0.2, 0) is 15.5 Å². The Morgan fingerprint density at radius 1 is 1.04 bits per heavy atom. The molecular formula is C18H18BF3N4O2. The summed E-state index contributed by atoms with van der Waals surface area (Å²) in [6, 6.07) is 6.26. The van der Waals surface area contributed by atoms with Crippen molar-refractivity contribution in [3.05, 3.63) is 42.4 Å². The van der Waals surface area contributed by atoms with Crippen LogP contribution in [-0.4, -0.2) is 38.1 Å². The normalized spacial score (nSPS) is 18.8. The molecule has 0 bridgehead atoms. The fourth-order valence-corrected chi connectivity index (χ4v) is 2.93. The molecule has 1 aliphatic heterocycles. The zero-order chi connectivity index (χ0) is 20.3. The van der Waals surface area contributed by atoms with Crippen molar-refractivity contribution in [2.24, 2.45) is 0 Å². The van der Waals surface area contributed by atoms with Gasteiger partial charge < -0.3 is 9.31 Å². The lowest BCUT2D eigenvalue weighted by atomic mass is 9.79. The van der Waals surface area contributed by atoms with Crippen LogP contribution in [0.25, 0.3) is 16.9 Å². The Labute approximate surface area is 159 Å². The van der Waals surface area contributed by atoms with Gasteiger partial charge in [-0.15, -0.1) is 0 Å². The molecule has 1 aliphatic rings. The molecule has 0 radical (unpaired) electrons. The summed E-state index contributed by atoms with van der Waals surface area (Å²) in [5, 5.41) is 4.89. The Hall–Kier alpha value is -2.46. The average molecular weight is 390 g/mol. The van der Waals surface area contributed by atoms with Gasteiger partial charge in [0.2, 0.25) is 0 Å². The maximum absolute atomic E-state index is 13.0. The van der Waals surface area contributed by atoms with E-state index in [2.05, 4.69) is 15.1 Å². The molecule has 0 unspecified atom stereocenters. The van der Waals surface area contributed by atoms with E-state index < -0.39 is 30.2 Å². The minimum Gasteiger partial charge on any atom is -0.399 e. The number of hydrogen-bond acceptors (Lipinski definition) is 5. The molecule has 6 nitrogen and oxygen atoms in total. The third-order valence-corrected chi connectivity index (χ3v) is 5.24. The van der Waals surface area contributed by atoms with Gasteiger partial charge in [0.1, 0.15) is 5.69 Å². The van der Waals surface area contributed by atoms with E-state index in [-0.39, 0.29) is 5.95 Å². The highest BCUT2D eigenvalue weighted by Gasteiger charge is 2.51. The maximum atomic E-state index is 13.0. The summed E-state index contributed by atoms with van der Waals surface area (Å²) in [7, 11) is -0.597. The van der Waals surface area contributed by atoms with E-state index in [1.807, 2.05) is 39.8 Å². The number of alkyl halides is 3. The van der Waals surface area contributed by atoms with Gasteiger partial charge in [0.15, 0.2) is 0 Å². The highest BCUT2D eigenvalue weighted by atomic mass is 19.4. The van der Waals surface area contributed by atoms with Gasteiger partial charge in [0.25, 0.3) is 5.95 Å². The predicted molar refractivity (Wildman–Crippen MR) is 97.4 cm³/mol. The molecule has 0 saturated carbocycles. The molecule has 0 amide bonds. The SMILES string of the molecule is CC1(C)OB(c2ccc3cnn(-c4nccc(C(F)(F)F)n4)c3c2)OC1(C)C. The van der Waals surface area contributed by atoms with Crippen molar-refractivity contribution in [2.45, 2.75) is 45.1 Å². The topological polar surface area (TPSA) is 62.1 Å². The molecule has 3 aromatic rings. The monoisotopic (exact) mass is 390 g/mol. The van der Waals surface area contributed by atoms with Gasteiger partial charge in [0.05, 0.1) is 22.9 Å². The number of hydrogen-bond donors (Lipinski definition) is 0. The Morgan fingerprint density at radius 2 is 1.71 bits per heavy atom. The fourth-order valence-electron chi connectivity index (χ4n) is 2.93. The Balaban J connectivity index is 1.76. The zero-order valence-corrected chi connectivity index (χ0v) is 15.8. The Kier molecular flexibility index (Phi) is 4.06. The molecule has 3 heterocycles. The number of fused-ring (bicyclic) bond motifs is 1. The smallest absolute Gasteiger partial charge is 0.399 e. The molecule has 10 heteroatoms.